The number of benzene rings is 1. The summed E-state index contributed by atoms with van der Waals surface area (Å²) in [6.45, 7) is 6.00. The van der Waals surface area contributed by atoms with Crippen LogP contribution in [0.15, 0.2) is 24.3 Å². The van der Waals surface area contributed by atoms with Crippen LogP contribution in [-0.2, 0) is 10.9 Å². The summed E-state index contributed by atoms with van der Waals surface area (Å²) in [5, 5.41) is 0.464. The van der Waals surface area contributed by atoms with Gasteiger partial charge in [-0.25, -0.2) is 0 Å². The van der Waals surface area contributed by atoms with E-state index in [0.717, 1.165) is 0 Å². The van der Waals surface area contributed by atoms with Crippen LogP contribution in [0.2, 0.25) is 5.02 Å². The summed E-state index contributed by atoms with van der Waals surface area (Å²) < 4.78 is 46.0. The zero-order valence-electron chi connectivity index (χ0n) is 15.2. The molecule has 0 radical (unpaired) electrons. The molecule has 0 atom stereocenters. The van der Waals surface area contributed by atoms with Gasteiger partial charge in [-0.2, -0.15) is 13.2 Å². The number of H-pyrrole nitrogens is 1. The van der Waals surface area contributed by atoms with Crippen LogP contribution in [0, 0.1) is 6.92 Å². The number of ether oxygens (including phenoxy) is 1. The maximum Gasteiger partial charge on any atom is 0.431 e. The Balaban J connectivity index is 2.11. The second-order valence-corrected chi connectivity index (χ2v) is 7.65. The minimum atomic E-state index is -4.59. The fraction of sp³-hybridized carbons (Fsp3) is 0.421. The van der Waals surface area contributed by atoms with Crippen molar-refractivity contribution in [3.63, 3.8) is 0 Å². The number of nitrogens with zero attached hydrogens (tertiary/aromatic N) is 1. The van der Waals surface area contributed by atoms with Gasteiger partial charge in [0.05, 0.1) is 12.2 Å². The quantitative estimate of drug-likeness (QED) is 0.778. The normalized spacial score (nSPS) is 17.2. The van der Waals surface area contributed by atoms with Gasteiger partial charge in [0.15, 0.2) is 0 Å². The number of carbonyl (C=O) groups is 1. The lowest BCUT2D eigenvalue weighted by Crippen LogP contribution is -2.50. The zero-order valence-corrected chi connectivity index (χ0v) is 16.0. The lowest BCUT2D eigenvalue weighted by molar-refractivity contribution is -0.141. The molecule has 146 valence electrons. The van der Waals surface area contributed by atoms with E-state index in [1.165, 1.54) is 11.8 Å². The minimum absolute atomic E-state index is 0.0132. The van der Waals surface area contributed by atoms with Crippen molar-refractivity contribution < 1.29 is 22.7 Å². The van der Waals surface area contributed by atoms with E-state index in [0.29, 0.717) is 30.3 Å². The maximum absolute atomic E-state index is 13.5. The molecule has 27 heavy (non-hydrogen) atoms. The second kappa shape index (κ2) is 6.87. The number of aromatic amines is 1. The van der Waals surface area contributed by atoms with Crippen molar-refractivity contribution in [1.29, 1.82) is 0 Å². The zero-order chi connectivity index (χ0) is 20.0. The molecule has 4 nitrogen and oxygen atoms in total. The monoisotopic (exact) mass is 400 g/mol. The molecule has 8 heteroatoms. The van der Waals surface area contributed by atoms with Gasteiger partial charge in [-0.05, 0) is 44.0 Å². The molecule has 3 rings (SSSR count). The molecule has 1 fully saturated rings. The Bertz CT molecular complexity index is 857. The number of carbonyl (C=O) groups excluding carboxylic acids is 1. The highest BCUT2D eigenvalue weighted by Gasteiger charge is 2.39. The second-order valence-electron chi connectivity index (χ2n) is 7.21. The third-order valence-corrected chi connectivity index (χ3v) is 4.85. The Morgan fingerprint density at radius 2 is 1.89 bits per heavy atom. The Labute approximate surface area is 160 Å². The van der Waals surface area contributed by atoms with E-state index in [4.69, 9.17) is 16.3 Å². The fourth-order valence-electron chi connectivity index (χ4n) is 3.36. The van der Waals surface area contributed by atoms with Crippen LogP contribution in [-0.4, -0.2) is 41.1 Å². The molecule has 1 amide bonds. The van der Waals surface area contributed by atoms with Gasteiger partial charge in [0.2, 0.25) is 0 Å². The number of nitrogens with one attached hydrogen (secondary N) is 1. The summed E-state index contributed by atoms with van der Waals surface area (Å²) in [5.41, 5.74) is -0.806. The summed E-state index contributed by atoms with van der Waals surface area (Å²) in [5.74, 6) is -0.477. The number of amides is 1. The van der Waals surface area contributed by atoms with E-state index in [-0.39, 0.29) is 16.8 Å². The van der Waals surface area contributed by atoms with E-state index in [1.807, 2.05) is 13.8 Å². The highest BCUT2D eigenvalue weighted by Crippen LogP contribution is 2.39. The largest absolute Gasteiger partial charge is 0.431 e. The number of aromatic nitrogens is 1. The molecule has 1 aliphatic heterocycles. The van der Waals surface area contributed by atoms with Crippen molar-refractivity contribution in [3.05, 3.63) is 46.2 Å². The van der Waals surface area contributed by atoms with Crippen LogP contribution in [0.25, 0.3) is 11.1 Å². The first-order valence-electron chi connectivity index (χ1n) is 8.48. The van der Waals surface area contributed by atoms with Gasteiger partial charge in [0.25, 0.3) is 5.91 Å². The Morgan fingerprint density at radius 3 is 2.44 bits per heavy atom. The molecule has 0 spiro atoms. The van der Waals surface area contributed by atoms with Crippen LogP contribution in [0.4, 0.5) is 13.2 Å². The highest BCUT2D eigenvalue weighted by atomic mass is 35.5. The third kappa shape index (κ3) is 3.99. The molecule has 1 aliphatic rings. The van der Waals surface area contributed by atoms with Crippen LogP contribution >= 0.6 is 11.6 Å². The molecule has 2 aromatic rings. The molecule has 1 aromatic carbocycles. The van der Waals surface area contributed by atoms with Crippen LogP contribution in [0.1, 0.15) is 35.6 Å². The van der Waals surface area contributed by atoms with Crippen LogP contribution < -0.4 is 0 Å². The number of morpholine rings is 1. The molecule has 0 aliphatic carbocycles. The number of hydrogen-bond donors (Lipinski definition) is 1. The SMILES string of the molecule is Cc1c(C(F)(F)F)[nH]c(C(=O)N2CCOC(C)(C)C2)c1-c1ccc(Cl)cc1. The van der Waals surface area contributed by atoms with Gasteiger partial charge >= 0.3 is 6.18 Å². The van der Waals surface area contributed by atoms with Gasteiger partial charge in [0.1, 0.15) is 11.4 Å². The number of alkyl halides is 3. The van der Waals surface area contributed by atoms with E-state index in [1.54, 1.807) is 24.3 Å². The van der Waals surface area contributed by atoms with E-state index >= 15 is 0 Å². The molecular formula is C19H20ClF3N2O2. The number of rotatable bonds is 2. The Morgan fingerprint density at radius 1 is 1.26 bits per heavy atom. The van der Waals surface area contributed by atoms with Crippen molar-refractivity contribution in [3.8, 4) is 11.1 Å². The van der Waals surface area contributed by atoms with Gasteiger partial charge in [-0.3, -0.25) is 4.79 Å². The van der Waals surface area contributed by atoms with Gasteiger partial charge in [-0.15, -0.1) is 0 Å². The average Bonchev–Trinajstić information content (AvgIpc) is 2.91. The predicted octanol–water partition coefficient (Wildman–Crippen LogP) is 4.91. The van der Waals surface area contributed by atoms with E-state index in [9.17, 15) is 18.0 Å². The topological polar surface area (TPSA) is 45.3 Å². The van der Waals surface area contributed by atoms with Crippen molar-refractivity contribution in [2.75, 3.05) is 19.7 Å². The molecular weight excluding hydrogens is 381 g/mol. The standard InChI is InChI=1S/C19H20ClF3N2O2/c1-11-14(12-4-6-13(20)7-5-12)15(24-16(11)19(21,22)23)17(26)25-8-9-27-18(2,3)10-25/h4-7,24H,8-10H2,1-3H3. The molecule has 1 N–H and O–H groups in total. The lowest BCUT2D eigenvalue weighted by Gasteiger charge is -2.38. The first kappa shape index (κ1) is 19.8. The van der Waals surface area contributed by atoms with Gasteiger partial charge in [0, 0.05) is 23.7 Å². The molecule has 1 saturated heterocycles. The summed E-state index contributed by atoms with van der Waals surface area (Å²) in [7, 11) is 0. The first-order chi connectivity index (χ1) is 12.5. The van der Waals surface area contributed by atoms with Crippen molar-refractivity contribution in [2.24, 2.45) is 0 Å². The first-order valence-corrected chi connectivity index (χ1v) is 8.86. The molecule has 0 unspecified atom stereocenters. The molecule has 0 saturated carbocycles. The van der Waals surface area contributed by atoms with Crippen LogP contribution in [0.3, 0.4) is 0 Å². The predicted molar refractivity (Wildman–Crippen MR) is 96.9 cm³/mol. The van der Waals surface area contributed by atoms with Crippen molar-refractivity contribution in [2.45, 2.75) is 32.5 Å². The number of hydrogen-bond acceptors (Lipinski definition) is 2. The summed E-state index contributed by atoms with van der Waals surface area (Å²) in [6.07, 6.45) is -4.59. The van der Waals surface area contributed by atoms with Crippen molar-refractivity contribution >= 4 is 17.5 Å². The lowest BCUT2D eigenvalue weighted by atomic mass is 9.99. The summed E-state index contributed by atoms with van der Waals surface area (Å²) >= 11 is 5.90. The van der Waals surface area contributed by atoms with Gasteiger partial charge < -0.3 is 14.6 Å². The van der Waals surface area contributed by atoms with E-state index < -0.39 is 23.4 Å². The average molecular weight is 401 g/mol. The van der Waals surface area contributed by atoms with Gasteiger partial charge in [-0.1, -0.05) is 23.7 Å². The Hall–Kier alpha value is -1.99. The van der Waals surface area contributed by atoms with Crippen LogP contribution in [0.5, 0.6) is 0 Å². The smallest absolute Gasteiger partial charge is 0.372 e. The van der Waals surface area contributed by atoms with E-state index in [2.05, 4.69) is 4.98 Å². The molecule has 0 bridgehead atoms. The minimum Gasteiger partial charge on any atom is -0.372 e. The Kier molecular flexibility index (Phi) is 5.03. The maximum atomic E-state index is 13.5. The summed E-state index contributed by atoms with van der Waals surface area (Å²) in [4.78, 5) is 16.9. The third-order valence-electron chi connectivity index (χ3n) is 4.59. The molecule has 2 heterocycles. The summed E-state index contributed by atoms with van der Waals surface area (Å²) in [6, 6.07) is 6.39. The number of halogens is 4. The van der Waals surface area contributed by atoms with Crippen molar-refractivity contribution in [1.82, 2.24) is 9.88 Å². The fourth-order valence-corrected chi connectivity index (χ4v) is 3.49. The molecule has 1 aromatic heterocycles. The highest BCUT2D eigenvalue weighted by molar-refractivity contribution is 6.30.